The fraction of sp³-hybridized carbons (Fsp3) is 0.368. The Kier molecular flexibility index (Phi) is 5.77. The van der Waals surface area contributed by atoms with Crippen molar-refractivity contribution >= 4 is 5.97 Å². The van der Waals surface area contributed by atoms with E-state index in [-0.39, 0.29) is 22.7 Å². The van der Waals surface area contributed by atoms with Crippen molar-refractivity contribution in [3.63, 3.8) is 0 Å². The van der Waals surface area contributed by atoms with Gasteiger partial charge < -0.3 is 19.1 Å². The van der Waals surface area contributed by atoms with Crippen LogP contribution in [0.1, 0.15) is 29.9 Å². The molecule has 0 spiro atoms. The predicted molar refractivity (Wildman–Crippen MR) is 100 cm³/mol. The van der Waals surface area contributed by atoms with E-state index in [4.69, 9.17) is 14.0 Å². The van der Waals surface area contributed by atoms with Gasteiger partial charge in [-0.1, -0.05) is 5.16 Å². The first-order valence-corrected chi connectivity index (χ1v) is 8.91. The summed E-state index contributed by atoms with van der Waals surface area (Å²) in [5.41, 5.74) is -3.45. The zero-order valence-electron chi connectivity index (χ0n) is 17.0. The maximum Gasteiger partial charge on any atom is 0.433 e. The first-order chi connectivity index (χ1) is 14.5. The minimum atomic E-state index is -4.87. The van der Waals surface area contributed by atoms with Crippen molar-refractivity contribution in [2.24, 2.45) is 0 Å². The molecule has 0 aliphatic heterocycles. The van der Waals surface area contributed by atoms with Gasteiger partial charge >= 0.3 is 12.1 Å². The van der Waals surface area contributed by atoms with Crippen LogP contribution in [0.25, 0.3) is 22.6 Å². The number of alkyl halides is 3. The third-order valence-electron chi connectivity index (χ3n) is 4.19. The lowest BCUT2D eigenvalue weighted by Crippen LogP contribution is -2.29. The molecule has 3 rings (SSSR count). The van der Waals surface area contributed by atoms with Crippen molar-refractivity contribution < 1.29 is 37.1 Å². The maximum atomic E-state index is 13.9. The van der Waals surface area contributed by atoms with E-state index in [0.29, 0.717) is 4.68 Å². The number of aromatic nitrogens is 4. The minimum absolute atomic E-state index is 0.0845. The molecule has 0 saturated heterocycles. The van der Waals surface area contributed by atoms with Crippen LogP contribution in [-0.2, 0) is 17.5 Å². The largest absolute Gasteiger partial charge is 0.481 e. The smallest absolute Gasteiger partial charge is 0.433 e. The van der Waals surface area contributed by atoms with Crippen molar-refractivity contribution in [1.29, 1.82) is 0 Å². The van der Waals surface area contributed by atoms with Gasteiger partial charge in [-0.05, 0) is 26.0 Å². The van der Waals surface area contributed by atoms with Gasteiger partial charge in [-0.2, -0.15) is 18.3 Å². The predicted octanol–water partition coefficient (Wildman–Crippen LogP) is 3.19. The van der Waals surface area contributed by atoms with Gasteiger partial charge in [0.1, 0.15) is 11.3 Å². The Bertz CT molecular complexity index is 1100. The number of halogens is 3. The molecular weight excluding hydrogens is 421 g/mol. The molecule has 0 radical (unpaired) electrons. The lowest BCUT2D eigenvalue weighted by molar-refractivity contribution is -0.144. The van der Waals surface area contributed by atoms with Crippen LogP contribution in [0.5, 0.6) is 5.88 Å². The van der Waals surface area contributed by atoms with E-state index in [0.717, 1.165) is 13.3 Å². The Morgan fingerprint density at radius 1 is 1.26 bits per heavy atom. The van der Waals surface area contributed by atoms with Crippen molar-refractivity contribution in [2.45, 2.75) is 32.2 Å². The van der Waals surface area contributed by atoms with E-state index in [1.807, 2.05) is 0 Å². The highest BCUT2D eigenvalue weighted by molar-refractivity contribution is 6.02. The minimum Gasteiger partial charge on any atom is -0.481 e. The summed E-state index contributed by atoms with van der Waals surface area (Å²) in [5.74, 6) is -1.37. The molecule has 0 aliphatic rings. The molecule has 0 fully saturated rings. The second kappa shape index (κ2) is 8.02. The second-order valence-corrected chi connectivity index (χ2v) is 7.16. The number of methoxy groups -OCH3 is 2. The van der Waals surface area contributed by atoms with Gasteiger partial charge in [0.15, 0.2) is 11.5 Å². The van der Waals surface area contributed by atoms with Crippen LogP contribution in [-0.4, -0.2) is 50.8 Å². The van der Waals surface area contributed by atoms with E-state index >= 15 is 0 Å². The van der Waals surface area contributed by atoms with Crippen LogP contribution in [0.2, 0.25) is 0 Å². The van der Waals surface area contributed by atoms with Gasteiger partial charge in [0, 0.05) is 6.20 Å². The number of nitrogens with zero attached hydrogens (tertiary/aromatic N) is 4. The zero-order valence-corrected chi connectivity index (χ0v) is 17.0. The summed E-state index contributed by atoms with van der Waals surface area (Å²) in [4.78, 5) is 16.5. The van der Waals surface area contributed by atoms with Crippen molar-refractivity contribution in [2.75, 3.05) is 14.2 Å². The summed E-state index contributed by atoms with van der Waals surface area (Å²) >= 11 is 0. The van der Waals surface area contributed by atoms with E-state index in [1.54, 1.807) is 0 Å². The van der Waals surface area contributed by atoms with E-state index in [2.05, 4.69) is 15.2 Å². The zero-order chi connectivity index (χ0) is 23.0. The SMILES string of the molecule is COC(=O)c1c(-c2cccnc2OC)noc1-c1cnn(CC(C)(C)O)c1C(F)(F)F. The fourth-order valence-corrected chi connectivity index (χ4v) is 3.02. The number of rotatable bonds is 6. The molecule has 9 nitrogen and oxygen atoms in total. The molecule has 166 valence electrons. The highest BCUT2D eigenvalue weighted by Gasteiger charge is 2.42. The fourth-order valence-electron chi connectivity index (χ4n) is 3.02. The topological polar surface area (TPSA) is 113 Å². The van der Waals surface area contributed by atoms with Crippen LogP contribution in [0, 0.1) is 0 Å². The van der Waals surface area contributed by atoms with Crippen LogP contribution in [0.15, 0.2) is 29.0 Å². The highest BCUT2D eigenvalue weighted by Crippen LogP contribution is 2.42. The highest BCUT2D eigenvalue weighted by atomic mass is 19.4. The van der Waals surface area contributed by atoms with Gasteiger partial charge in [0.25, 0.3) is 0 Å². The molecule has 0 amide bonds. The Balaban J connectivity index is 2.28. The standard InChI is InChI=1S/C19H19F3N4O5/c1-18(2,28)9-26-15(19(20,21)22)11(8-24-26)14-12(17(27)30-4)13(25-31-14)10-6-5-7-23-16(10)29-3/h5-8,28H,9H2,1-4H3. The van der Waals surface area contributed by atoms with Crippen molar-refractivity contribution in [1.82, 2.24) is 19.9 Å². The molecule has 0 atom stereocenters. The molecular formula is C19H19F3N4O5. The number of hydrogen-bond donors (Lipinski definition) is 1. The van der Waals surface area contributed by atoms with Crippen LogP contribution in [0.4, 0.5) is 13.2 Å². The molecule has 0 unspecified atom stereocenters. The normalized spacial score (nSPS) is 12.1. The van der Waals surface area contributed by atoms with Gasteiger partial charge in [0.05, 0.1) is 43.7 Å². The van der Waals surface area contributed by atoms with Crippen LogP contribution >= 0.6 is 0 Å². The van der Waals surface area contributed by atoms with Crippen LogP contribution < -0.4 is 4.74 Å². The molecule has 0 bridgehead atoms. The van der Waals surface area contributed by atoms with Gasteiger partial charge in [-0.3, -0.25) is 4.68 Å². The third kappa shape index (κ3) is 4.38. The average Bonchev–Trinajstić information content (AvgIpc) is 3.29. The second-order valence-electron chi connectivity index (χ2n) is 7.16. The Morgan fingerprint density at radius 2 is 1.97 bits per heavy atom. The quantitative estimate of drug-likeness (QED) is 0.582. The van der Waals surface area contributed by atoms with E-state index < -0.39 is 41.3 Å². The molecule has 3 aromatic heterocycles. The number of hydrogen-bond acceptors (Lipinski definition) is 8. The van der Waals surface area contributed by atoms with Gasteiger partial charge in [-0.15, -0.1) is 0 Å². The number of carbonyl (C=O) groups is 1. The molecule has 3 heterocycles. The first kappa shape index (κ1) is 22.3. The number of carbonyl (C=O) groups excluding carboxylic acids is 1. The first-order valence-electron chi connectivity index (χ1n) is 8.91. The molecule has 1 N–H and O–H groups in total. The molecule has 3 aromatic rings. The molecule has 0 saturated carbocycles. The summed E-state index contributed by atoms with van der Waals surface area (Å²) in [5, 5.41) is 17.5. The Morgan fingerprint density at radius 3 is 2.55 bits per heavy atom. The van der Waals surface area contributed by atoms with Crippen molar-refractivity contribution in [3.05, 3.63) is 35.8 Å². The van der Waals surface area contributed by atoms with E-state index in [9.17, 15) is 23.1 Å². The lowest BCUT2D eigenvalue weighted by Gasteiger charge is -2.20. The van der Waals surface area contributed by atoms with Gasteiger partial charge in [0.2, 0.25) is 5.88 Å². The number of esters is 1. The number of aliphatic hydroxyl groups is 1. The molecule has 0 aliphatic carbocycles. The summed E-state index contributed by atoms with van der Waals surface area (Å²) in [7, 11) is 2.42. The average molecular weight is 440 g/mol. The Labute approximate surface area is 174 Å². The van der Waals surface area contributed by atoms with Gasteiger partial charge in [-0.25, -0.2) is 9.78 Å². The summed E-state index contributed by atoms with van der Waals surface area (Å²) < 4.78 is 57.4. The number of pyridine rings is 1. The Hall–Kier alpha value is -3.41. The third-order valence-corrected chi connectivity index (χ3v) is 4.19. The number of ether oxygens (including phenoxy) is 2. The monoisotopic (exact) mass is 440 g/mol. The van der Waals surface area contributed by atoms with Crippen LogP contribution in [0.3, 0.4) is 0 Å². The van der Waals surface area contributed by atoms with E-state index in [1.165, 1.54) is 39.3 Å². The summed E-state index contributed by atoms with van der Waals surface area (Å²) in [6, 6.07) is 3.05. The van der Waals surface area contributed by atoms with Crippen molar-refractivity contribution in [3.8, 4) is 28.5 Å². The summed E-state index contributed by atoms with van der Waals surface area (Å²) in [6.45, 7) is 2.23. The molecule has 31 heavy (non-hydrogen) atoms. The molecule has 0 aromatic carbocycles. The molecule has 12 heteroatoms. The maximum absolute atomic E-state index is 13.9. The summed E-state index contributed by atoms with van der Waals surface area (Å²) in [6.07, 6.45) is -2.54. The lowest BCUT2D eigenvalue weighted by atomic mass is 10.0.